The Hall–Kier alpha value is -0.560. The second kappa shape index (κ2) is 3.90. The lowest BCUT2D eigenvalue weighted by Crippen LogP contribution is -2.14. The molecule has 0 fully saturated rings. The lowest BCUT2D eigenvalue weighted by Gasteiger charge is -2.24. The topological polar surface area (TPSA) is 0 Å². The summed E-state index contributed by atoms with van der Waals surface area (Å²) < 4.78 is 1.20. The van der Waals surface area contributed by atoms with Gasteiger partial charge in [-0.15, -0.1) is 0 Å². The fourth-order valence-corrected chi connectivity index (χ4v) is 2.55. The molecule has 0 spiro atoms. The first kappa shape index (κ1) is 9.97. The first-order chi connectivity index (χ1) is 6.66. The smallest absolute Gasteiger partial charge is 0.0178 e. The van der Waals surface area contributed by atoms with Crippen LogP contribution in [-0.4, -0.2) is 0 Å². The van der Waals surface area contributed by atoms with E-state index in [9.17, 15) is 0 Å². The number of halogens is 1. The molecule has 0 aromatic heterocycles. The summed E-state index contributed by atoms with van der Waals surface area (Å²) in [4.78, 5) is 0. The summed E-state index contributed by atoms with van der Waals surface area (Å²) in [5.74, 6) is 0.698. The van der Waals surface area contributed by atoms with Crippen LogP contribution in [0.25, 0.3) is 0 Å². The standard InChI is InChI=1S/C13H15Br/c1-9(2)10-3-4-12-8-13(14)6-5-11(12)7-10/h5-6,8,10H,1,3-4,7H2,2H3. The Morgan fingerprint density at radius 3 is 2.93 bits per heavy atom. The third-order valence-corrected chi connectivity index (χ3v) is 3.59. The van der Waals surface area contributed by atoms with Crippen molar-refractivity contribution in [2.24, 2.45) is 5.92 Å². The third kappa shape index (κ3) is 1.93. The van der Waals surface area contributed by atoms with Crippen LogP contribution >= 0.6 is 15.9 Å². The zero-order chi connectivity index (χ0) is 10.1. The van der Waals surface area contributed by atoms with Gasteiger partial charge >= 0.3 is 0 Å². The quantitative estimate of drug-likeness (QED) is 0.658. The van der Waals surface area contributed by atoms with Crippen LogP contribution in [0.5, 0.6) is 0 Å². The zero-order valence-electron chi connectivity index (χ0n) is 8.52. The molecule has 14 heavy (non-hydrogen) atoms. The molecule has 0 bridgehead atoms. The summed E-state index contributed by atoms with van der Waals surface area (Å²) in [6.45, 7) is 6.21. The number of rotatable bonds is 1. The molecule has 74 valence electrons. The van der Waals surface area contributed by atoms with Crippen molar-refractivity contribution in [1.82, 2.24) is 0 Å². The summed E-state index contributed by atoms with van der Waals surface area (Å²) in [6.07, 6.45) is 3.64. The average molecular weight is 251 g/mol. The first-order valence-electron chi connectivity index (χ1n) is 5.09. The summed E-state index contributed by atoms with van der Waals surface area (Å²) in [7, 11) is 0. The van der Waals surface area contributed by atoms with Gasteiger partial charge in [-0.3, -0.25) is 0 Å². The van der Waals surface area contributed by atoms with Crippen LogP contribution in [0.3, 0.4) is 0 Å². The normalized spacial score (nSPS) is 20.3. The maximum Gasteiger partial charge on any atom is 0.0178 e. The van der Waals surface area contributed by atoms with E-state index in [2.05, 4.69) is 47.6 Å². The molecule has 0 aliphatic heterocycles. The van der Waals surface area contributed by atoms with Gasteiger partial charge in [0.25, 0.3) is 0 Å². The Kier molecular flexibility index (Phi) is 2.78. The summed E-state index contributed by atoms with van der Waals surface area (Å²) in [5.41, 5.74) is 4.35. The van der Waals surface area contributed by atoms with Crippen LogP contribution in [0.1, 0.15) is 24.5 Å². The van der Waals surface area contributed by atoms with Crippen molar-refractivity contribution >= 4 is 15.9 Å². The van der Waals surface area contributed by atoms with E-state index < -0.39 is 0 Å². The molecule has 2 rings (SSSR count). The van der Waals surface area contributed by atoms with Crippen molar-refractivity contribution in [3.05, 3.63) is 46.0 Å². The van der Waals surface area contributed by atoms with E-state index in [-0.39, 0.29) is 0 Å². The van der Waals surface area contributed by atoms with Gasteiger partial charge in [-0.25, -0.2) is 0 Å². The highest BCUT2D eigenvalue weighted by Gasteiger charge is 2.18. The van der Waals surface area contributed by atoms with E-state index in [0.717, 1.165) is 0 Å². The molecule has 1 unspecified atom stereocenters. The van der Waals surface area contributed by atoms with Crippen LogP contribution in [0.15, 0.2) is 34.8 Å². The predicted molar refractivity (Wildman–Crippen MR) is 64.5 cm³/mol. The first-order valence-corrected chi connectivity index (χ1v) is 5.89. The molecular formula is C13H15Br. The number of benzene rings is 1. The number of allylic oxidation sites excluding steroid dienone is 1. The Morgan fingerprint density at radius 1 is 1.43 bits per heavy atom. The lowest BCUT2D eigenvalue weighted by molar-refractivity contribution is 0.527. The Balaban J connectivity index is 2.27. The van der Waals surface area contributed by atoms with Crippen molar-refractivity contribution in [2.45, 2.75) is 26.2 Å². The monoisotopic (exact) mass is 250 g/mol. The van der Waals surface area contributed by atoms with Crippen molar-refractivity contribution in [3.8, 4) is 0 Å². The fourth-order valence-electron chi connectivity index (χ4n) is 2.14. The minimum absolute atomic E-state index is 0.698. The van der Waals surface area contributed by atoms with E-state index >= 15 is 0 Å². The zero-order valence-corrected chi connectivity index (χ0v) is 10.1. The second-order valence-electron chi connectivity index (χ2n) is 4.20. The minimum atomic E-state index is 0.698. The van der Waals surface area contributed by atoms with Crippen molar-refractivity contribution in [1.29, 1.82) is 0 Å². The molecule has 0 N–H and O–H groups in total. The van der Waals surface area contributed by atoms with Gasteiger partial charge < -0.3 is 0 Å². The van der Waals surface area contributed by atoms with Gasteiger partial charge in [-0.2, -0.15) is 0 Å². The Morgan fingerprint density at radius 2 is 2.21 bits per heavy atom. The molecule has 1 aliphatic carbocycles. The molecule has 0 saturated carbocycles. The number of hydrogen-bond acceptors (Lipinski definition) is 0. The van der Waals surface area contributed by atoms with Crippen molar-refractivity contribution in [3.63, 3.8) is 0 Å². The van der Waals surface area contributed by atoms with Crippen LogP contribution in [0, 0.1) is 5.92 Å². The average Bonchev–Trinajstić information content (AvgIpc) is 2.16. The van der Waals surface area contributed by atoms with Gasteiger partial charge in [0.1, 0.15) is 0 Å². The number of aryl methyl sites for hydroxylation is 1. The van der Waals surface area contributed by atoms with E-state index in [4.69, 9.17) is 0 Å². The Labute approximate surface area is 94.2 Å². The van der Waals surface area contributed by atoms with Crippen LogP contribution in [-0.2, 0) is 12.8 Å². The molecule has 0 saturated heterocycles. The summed E-state index contributed by atoms with van der Waals surface area (Å²) >= 11 is 3.52. The highest BCUT2D eigenvalue weighted by Crippen LogP contribution is 2.30. The Bertz CT molecular complexity index is 365. The molecule has 1 atom stereocenters. The van der Waals surface area contributed by atoms with E-state index in [1.165, 1.54) is 40.4 Å². The fraction of sp³-hybridized carbons (Fsp3) is 0.385. The molecule has 0 amide bonds. The SMILES string of the molecule is C=C(C)C1CCc2cc(Br)ccc2C1. The second-order valence-corrected chi connectivity index (χ2v) is 5.11. The summed E-state index contributed by atoms with van der Waals surface area (Å²) in [6, 6.07) is 6.64. The highest BCUT2D eigenvalue weighted by molar-refractivity contribution is 9.10. The molecule has 0 heterocycles. The number of hydrogen-bond donors (Lipinski definition) is 0. The van der Waals surface area contributed by atoms with Crippen molar-refractivity contribution in [2.75, 3.05) is 0 Å². The molecule has 1 aliphatic rings. The van der Waals surface area contributed by atoms with Crippen LogP contribution < -0.4 is 0 Å². The predicted octanol–water partition coefficient (Wildman–Crippen LogP) is 4.13. The highest BCUT2D eigenvalue weighted by atomic mass is 79.9. The third-order valence-electron chi connectivity index (χ3n) is 3.09. The van der Waals surface area contributed by atoms with E-state index in [1.54, 1.807) is 0 Å². The molecule has 1 aromatic carbocycles. The number of fused-ring (bicyclic) bond motifs is 1. The largest absolute Gasteiger partial charge is 0.0998 e. The summed E-state index contributed by atoms with van der Waals surface area (Å²) in [5, 5.41) is 0. The van der Waals surface area contributed by atoms with Gasteiger partial charge in [0.15, 0.2) is 0 Å². The molecule has 1 heteroatoms. The van der Waals surface area contributed by atoms with E-state index in [0.29, 0.717) is 5.92 Å². The van der Waals surface area contributed by atoms with Gasteiger partial charge in [-0.05, 0) is 55.4 Å². The van der Waals surface area contributed by atoms with Crippen LogP contribution in [0.4, 0.5) is 0 Å². The molecule has 1 aromatic rings. The van der Waals surface area contributed by atoms with Crippen LogP contribution in [0.2, 0.25) is 0 Å². The van der Waals surface area contributed by atoms with Crippen molar-refractivity contribution < 1.29 is 0 Å². The van der Waals surface area contributed by atoms with Gasteiger partial charge in [0.2, 0.25) is 0 Å². The van der Waals surface area contributed by atoms with Gasteiger partial charge in [0.05, 0.1) is 0 Å². The van der Waals surface area contributed by atoms with Gasteiger partial charge in [-0.1, -0.05) is 34.1 Å². The molecule has 0 radical (unpaired) electrons. The van der Waals surface area contributed by atoms with E-state index in [1.807, 2.05) is 0 Å². The maximum absolute atomic E-state index is 4.06. The molecule has 0 nitrogen and oxygen atoms in total. The lowest BCUT2D eigenvalue weighted by atomic mass is 9.81. The minimum Gasteiger partial charge on any atom is -0.0998 e. The maximum atomic E-state index is 4.06. The molecular weight excluding hydrogens is 236 g/mol. The van der Waals surface area contributed by atoms with Gasteiger partial charge in [0, 0.05) is 4.47 Å².